The van der Waals surface area contributed by atoms with Crippen LogP contribution in [0.4, 0.5) is 11.4 Å². The first-order valence-electron chi connectivity index (χ1n) is 8.40. The Bertz CT molecular complexity index is 963. The number of aryl methyl sites for hydroxylation is 1. The van der Waals surface area contributed by atoms with E-state index < -0.39 is 4.92 Å². The molecule has 0 radical (unpaired) electrons. The van der Waals surface area contributed by atoms with Crippen molar-refractivity contribution in [3.05, 3.63) is 112 Å². The Morgan fingerprint density at radius 2 is 1.63 bits per heavy atom. The van der Waals surface area contributed by atoms with Gasteiger partial charge in [-0.1, -0.05) is 47.7 Å². The maximum Gasteiger partial charge on any atom is 0.269 e. The quantitative estimate of drug-likeness (QED) is 0.219. The second-order valence-corrected chi connectivity index (χ2v) is 6.85. The Hall–Kier alpha value is -3.18. The lowest BCUT2D eigenvalue weighted by Crippen LogP contribution is -1.97. The minimum atomic E-state index is -0.402. The normalized spacial score (nSPS) is 11.7. The summed E-state index contributed by atoms with van der Waals surface area (Å²) in [5.74, 6) is 0. The summed E-state index contributed by atoms with van der Waals surface area (Å²) in [5.41, 5.74) is 3.69. The molecule has 0 N–H and O–H groups in total. The van der Waals surface area contributed by atoms with Crippen molar-refractivity contribution in [2.45, 2.75) is 11.8 Å². The third-order valence-electron chi connectivity index (χ3n) is 3.83. The topological polar surface area (TPSA) is 55.5 Å². The van der Waals surface area contributed by atoms with Crippen LogP contribution in [0, 0.1) is 17.0 Å². The van der Waals surface area contributed by atoms with Gasteiger partial charge in [0.15, 0.2) is 0 Å². The molecule has 0 heterocycles. The summed E-state index contributed by atoms with van der Waals surface area (Å²) in [6.45, 7) is 2.06. The molecule has 0 aromatic heterocycles. The first-order valence-corrected chi connectivity index (χ1v) is 9.28. The van der Waals surface area contributed by atoms with Gasteiger partial charge >= 0.3 is 0 Å². The molecule has 3 rings (SSSR count). The van der Waals surface area contributed by atoms with Crippen molar-refractivity contribution in [3.63, 3.8) is 0 Å². The minimum Gasteiger partial charge on any atom is -0.258 e. The molecule has 4 nitrogen and oxygen atoms in total. The SMILES string of the molecule is Cc1ccc(SC=CC(=Nc2ccccc2)c2ccc([N+](=O)[O-])cc2)cc1. The molecule has 0 saturated heterocycles. The van der Waals surface area contributed by atoms with Crippen LogP contribution in [0.15, 0.2) is 100 Å². The van der Waals surface area contributed by atoms with Crippen LogP contribution in [0.5, 0.6) is 0 Å². The average Bonchev–Trinajstić information content (AvgIpc) is 2.69. The Balaban J connectivity index is 1.87. The molecule has 3 aromatic carbocycles. The van der Waals surface area contributed by atoms with Gasteiger partial charge in [0, 0.05) is 22.6 Å². The second-order valence-electron chi connectivity index (χ2n) is 5.87. The van der Waals surface area contributed by atoms with Gasteiger partial charge in [-0.15, -0.1) is 0 Å². The smallest absolute Gasteiger partial charge is 0.258 e. The molecule has 0 unspecified atom stereocenters. The van der Waals surface area contributed by atoms with Crippen LogP contribution in [-0.4, -0.2) is 10.6 Å². The summed E-state index contributed by atoms with van der Waals surface area (Å²) in [4.78, 5) is 16.3. The third kappa shape index (κ3) is 5.39. The molecule has 5 heteroatoms. The number of thioether (sulfide) groups is 1. The molecule has 0 saturated carbocycles. The van der Waals surface area contributed by atoms with E-state index in [1.807, 2.05) is 41.8 Å². The lowest BCUT2D eigenvalue weighted by molar-refractivity contribution is -0.384. The number of hydrogen-bond acceptors (Lipinski definition) is 4. The maximum atomic E-state index is 10.9. The maximum absolute atomic E-state index is 10.9. The van der Waals surface area contributed by atoms with E-state index in [9.17, 15) is 10.1 Å². The summed E-state index contributed by atoms with van der Waals surface area (Å²) < 4.78 is 0. The number of allylic oxidation sites excluding steroid dienone is 1. The zero-order valence-electron chi connectivity index (χ0n) is 14.8. The van der Waals surface area contributed by atoms with E-state index in [-0.39, 0.29) is 5.69 Å². The summed E-state index contributed by atoms with van der Waals surface area (Å²) in [6.07, 6.45) is 1.93. The van der Waals surface area contributed by atoms with Crippen molar-refractivity contribution in [2.24, 2.45) is 4.99 Å². The number of aliphatic imine (C=N–C) groups is 1. The molecule has 0 atom stereocenters. The van der Waals surface area contributed by atoms with E-state index in [1.54, 1.807) is 23.9 Å². The molecule has 0 aliphatic heterocycles. The van der Waals surface area contributed by atoms with Crippen LogP contribution in [0.3, 0.4) is 0 Å². The van der Waals surface area contributed by atoms with Gasteiger partial charge in [0.05, 0.1) is 16.3 Å². The molecule has 0 fully saturated rings. The highest BCUT2D eigenvalue weighted by Gasteiger charge is 2.07. The standard InChI is InChI=1S/C22H18N2O2S/c1-17-7-13-21(14-8-17)27-16-15-22(23-19-5-3-2-4-6-19)18-9-11-20(12-10-18)24(25)26/h2-16H,1H3. The van der Waals surface area contributed by atoms with E-state index in [0.717, 1.165) is 21.9 Å². The fourth-order valence-corrected chi connectivity index (χ4v) is 3.03. The van der Waals surface area contributed by atoms with Gasteiger partial charge in [0.25, 0.3) is 5.69 Å². The molecule has 0 aliphatic carbocycles. The highest BCUT2D eigenvalue weighted by Crippen LogP contribution is 2.21. The van der Waals surface area contributed by atoms with Gasteiger partial charge in [0.2, 0.25) is 0 Å². The Kier molecular flexibility index (Phi) is 6.18. The molecular weight excluding hydrogens is 356 g/mol. The fraction of sp³-hybridized carbons (Fsp3) is 0.0455. The van der Waals surface area contributed by atoms with E-state index >= 15 is 0 Å². The summed E-state index contributed by atoms with van der Waals surface area (Å²) in [6, 6.07) is 24.4. The molecule has 0 spiro atoms. The van der Waals surface area contributed by atoms with E-state index in [1.165, 1.54) is 17.7 Å². The summed E-state index contributed by atoms with van der Waals surface area (Å²) in [5, 5.41) is 12.9. The number of benzene rings is 3. The fourth-order valence-electron chi connectivity index (χ4n) is 2.39. The molecule has 0 aliphatic rings. The van der Waals surface area contributed by atoms with Gasteiger partial charge in [-0.3, -0.25) is 10.1 Å². The molecule has 3 aromatic rings. The largest absolute Gasteiger partial charge is 0.269 e. The van der Waals surface area contributed by atoms with E-state index in [4.69, 9.17) is 4.99 Å². The predicted octanol–water partition coefficient (Wildman–Crippen LogP) is 6.33. The Morgan fingerprint density at radius 1 is 0.963 bits per heavy atom. The van der Waals surface area contributed by atoms with Crippen molar-refractivity contribution in [1.29, 1.82) is 0 Å². The van der Waals surface area contributed by atoms with Crippen LogP contribution in [-0.2, 0) is 0 Å². The zero-order valence-corrected chi connectivity index (χ0v) is 15.6. The number of nitro groups is 1. The first kappa shape index (κ1) is 18.6. The van der Waals surface area contributed by atoms with Crippen LogP contribution in [0.1, 0.15) is 11.1 Å². The Labute approximate surface area is 162 Å². The molecule has 27 heavy (non-hydrogen) atoms. The van der Waals surface area contributed by atoms with Crippen molar-refractivity contribution >= 4 is 28.8 Å². The van der Waals surface area contributed by atoms with Gasteiger partial charge in [-0.25, -0.2) is 4.99 Å². The zero-order chi connectivity index (χ0) is 19.1. The Morgan fingerprint density at radius 3 is 2.26 bits per heavy atom. The van der Waals surface area contributed by atoms with Crippen LogP contribution in [0.25, 0.3) is 0 Å². The van der Waals surface area contributed by atoms with Gasteiger partial charge in [-0.05, 0) is 54.8 Å². The summed E-state index contributed by atoms with van der Waals surface area (Å²) in [7, 11) is 0. The van der Waals surface area contributed by atoms with Crippen molar-refractivity contribution < 1.29 is 4.92 Å². The number of hydrogen-bond donors (Lipinski definition) is 0. The number of nitro benzene ring substituents is 1. The second kappa shape index (κ2) is 8.96. The lowest BCUT2D eigenvalue weighted by Gasteiger charge is -2.03. The van der Waals surface area contributed by atoms with Crippen molar-refractivity contribution in [3.8, 4) is 0 Å². The number of rotatable bonds is 6. The minimum absolute atomic E-state index is 0.0656. The van der Waals surface area contributed by atoms with Gasteiger partial charge in [0.1, 0.15) is 0 Å². The van der Waals surface area contributed by atoms with E-state index in [2.05, 4.69) is 31.2 Å². The highest BCUT2D eigenvalue weighted by atomic mass is 32.2. The molecule has 134 valence electrons. The van der Waals surface area contributed by atoms with E-state index in [0.29, 0.717) is 0 Å². The van der Waals surface area contributed by atoms with Crippen LogP contribution < -0.4 is 0 Å². The van der Waals surface area contributed by atoms with Gasteiger partial charge in [-0.2, -0.15) is 0 Å². The monoisotopic (exact) mass is 374 g/mol. The van der Waals surface area contributed by atoms with Crippen molar-refractivity contribution in [2.75, 3.05) is 0 Å². The van der Waals surface area contributed by atoms with Crippen LogP contribution >= 0.6 is 11.8 Å². The molecule has 0 amide bonds. The predicted molar refractivity (Wildman–Crippen MR) is 112 cm³/mol. The first-order chi connectivity index (χ1) is 13.1. The number of para-hydroxylation sites is 1. The highest BCUT2D eigenvalue weighted by molar-refractivity contribution is 8.02. The number of nitrogens with zero attached hydrogens (tertiary/aromatic N) is 2. The summed E-state index contributed by atoms with van der Waals surface area (Å²) >= 11 is 1.60. The molecule has 0 bridgehead atoms. The molecular formula is C22H18N2O2S. The van der Waals surface area contributed by atoms with Gasteiger partial charge < -0.3 is 0 Å². The third-order valence-corrected chi connectivity index (χ3v) is 4.65. The average molecular weight is 374 g/mol. The van der Waals surface area contributed by atoms with Crippen LogP contribution in [0.2, 0.25) is 0 Å². The van der Waals surface area contributed by atoms with Crippen molar-refractivity contribution in [1.82, 2.24) is 0 Å². The number of non-ortho nitro benzene ring substituents is 1. The lowest BCUT2D eigenvalue weighted by atomic mass is 10.1.